The first-order valence-electron chi connectivity index (χ1n) is 6.83. The van der Waals surface area contributed by atoms with E-state index in [1.165, 1.54) is 16.5 Å². The highest BCUT2D eigenvalue weighted by Gasteiger charge is 2.21. The average molecular weight is 267 g/mol. The summed E-state index contributed by atoms with van der Waals surface area (Å²) in [6.45, 7) is 0.794. The SMILES string of the molecule is COc1ccccc1[C@H](C[NH3+])c1c[nH]c2ccccc12. The summed E-state index contributed by atoms with van der Waals surface area (Å²) >= 11 is 0. The lowest BCUT2D eigenvalue weighted by Gasteiger charge is -2.16. The molecule has 0 fully saturated rings. The summed E-state index contributed by atoms with van der Waals surface area (Å²) in [5.41, 5.74) is 7.76. The molecule has 3 rings (SSSR count). The standard InChI is InChI=1S/C17H18N2O/c1-20-17-9-5-3-7-13(17)14(10-18)15-11-19-16-8-4-2-6-12(15)16/h2-9,11,14,19H,10,18H2,1H3/p+1/t14-/m0/s1. The van der Waals surface area contributed by atoms with E-state index in [0.29, 0.717) is 0 Å². The first-order valence-corrected chi connectivity index (χ1v) is 6.83. The van der Waals surface area contributed by atoms with E-state index >= 15 is 0 Å². The number of rotatable bonds is 4. The van der Waals surface area contributed by atoms with Crippen LogP contribution in [0.15, 0.2) is 54.7 Å². The van der Waals surface area contributed by atoms with Gasteiger partial charge in [0.1, 0.15) is 5.75 Å². The number of ether oxygens (including phenoxy) is 1. The second-order valence-electron chi connectivity index (χ2n) is 4.87. The third-order valence-electron chi connectivity index (χ3n) is 3.80. The molecule has 0 radical (unpaired) electrons. The van der Waals surface area contributed by atoms with Gasteiger partial charge >= 0.3 is 0 Å². The number of aromatic nitrogens is 1. The molecule has 0 amide bonds. The van der Waals surface area contributed by atoms with Crippen molar-refractivity contribution in [2.75, 3.05) is 13.7 Å². The van der Waals surface area contributed by atoms with Gasteiger partial charge in [-0.1, -0.05) is 36.4 Å². The number of quaternary nitrogens is 1. The lowest BCUT2D eigenvalue weighted by atomic mass is 9.90. The van der Waals surface area contributed by atoms with E-state index in [-0.39, 0.29) is 5.92 Å². The number of benzene rings is 2. The topological polar surface area (TPSA) is 52.7 Å². The summed E-state index contributed by atoms with van der Waals surface area (Å²) in [6.07, 6.45) is 2.09. The molecule has 1 heterocycles. The summed E-state index contributed by atoms with van der Waals surface area (Å²) in [6, 6.07) is 16.5. The minimum absolute atomic E-state index is 0.238. The Labute approximate surface area is 118 Å². The van der Waals surface area contributed by atoms with Crippen LogP contribution >= 0.6 is 0 Å². The molecule has 4 N–H and O–H groups in total. The van der Waals surface area contributed by atoms with Gasteiger partial charge in [-0.05, 0) is 17.7 Å². The Balaban J connectivity index is 2.14. The zero-order chi connectivity index (χ0) is 13.9. The smallest absolute Gasteiger partial charge is 0.122 e. The number of methoxy groups -OCH3 is 1. The zero-order valence-electron chi connectivity index (χ0n) is 11.6. The van der Waals surface area contributed by atoms with Crippen molar-refractivity contribution in [3.8, 4) is 5.75 Å². The fourth-order valence-electron chi connectivity index (χ4n) is 2.82. The van der Waals surface area contributed by atoms with Crippen LogP contribution in [0.4, 0.5) is 0 Å². The normalized spacial score (nSPS) is 12.5. The van der Waals surface area contributed by atoms with E-state index in [4.69, 9.17) is 4.74 Å². The maximum atomic E-state index is 5.50. The van der Waals surface area contributed by atoms with Crippen LogP contribution in [0.25, 0.3) is 10.9 Å². The van der Waals surface area contributed by atoms with E-state index < -0.39 is 0 Å². The summed E-state index contributed by atoms with van der Waals surface area (Å²) in [4.78, 5) is 3.34. The lowest BCUT2D eigenvalue weighted by molar-refractivity contribution is -0.370. The summed E-state index contributed by atoms with van der Waals surface area (Å²) in [5, 5.41) is 1.26. The van der Waals surface area contributed by atoms with Crippen LogP contribution in [0.3, 0.4) is 0 Å². The molecule has 0 spiro atoms. The third-order valence-corrected chi connectivity index (χ3v) is 3.80. The van der Waals surface area contributed by atoms with Crippen molar-refractivity contribution in [1.29, 1.82) is 0 Å². The molecule has 0 saturated carbocycles. The second-order valence-corrected chi connectivity index (χ2v) is 4.87. The van der Waals surface area contributed by atoms with Crippen LogP contribution in [0.5, 0.6) is 5.75 Å². The third kappa shape index (κ3) is 2.06. The minimum atomic E-state index is 0.238. The Hall–Kier alpha value is -2.26. The van der Waals surface area contributed by atoms with Crippen molar-refractivity contribution >= 4 is 10.9 Å². The van der Waals surface area contributed by atoms with E-state index in [2.05, 4.69) is 47.2 Å². The monoisotopic (exact) mass is 267 g/mol. The fraction of sp³-hybridized carbons (Fsp3) is 0.176. The molecule has 102 valence electrons. The van der Waals surface area contributed by atoms with Gasteiger partial charge in [-0.2, -0.15) is 0 Å². The van der Waals surface area contributed by atoms with Gasteiger partial charge in [-0.25, -0.2) is 0 Å². The van der Waals surface area contributed by atoms with Crippen LogP contribution in [0.1, 0.15) is 17.0 Å². The molecule has 0 aliphatic heterocycles. The number of nitrogens with one attached hydrogen (secondary N) is 1. The Morgan fingerprint density at radius 3 is 2.60 bits per heavy atom. The summed E-state index contributed by atoms with van der Waals surface area (Å²) < 4.78 is 5.50. The first-order chi connectivity index (χ1) is 9.85. The molecule has 0 saturated heterocycles. The first kappa shape index (κ1) is 12.8. The molecule has 0 bridgehead atoms. The van der Waals surface area contributed by atoms with Crippen LogP contribution in [-0.4, -0.2) is 18.6 Å². The van der Waals surface area contributed by atoms with Crippen molar-refractivity contribution in [3.63, 3.8) is 0 Å². The van der Waals surface area contributed by atoms with Gasteiger partial charge in [-0.3, -0.25) is 0 Å². The van der Waals surface area contributed by atoms with E-state index in [1.807, 2.05) is 18.2 Å². The highest BCUT2D eigenvalue weighted by Crippen LogP contribution is 2.34. The largest absolute Gasteiger partial charge is 0.496 e. The van der Waals surface area contributed by atoms with Crippen molar-refractivity contribution in [2.45, 2.75) is 5.92 Å². The van der Waals surface area contributed by atoms with E-state index in [1.54, 1.807) is 7.11 Å². The number of H-pyrrole nitrogens is 1. The van der Waals surface area contributed by atoms with E-state index in [0.717, 1.165) is 17.8 Å². The van der Waals surface area contributed by atoms with Crippen LogP contribution in [0, 0.1) is 0 Å². The summed E-state index contributed by atoms with van der Waals surface area (Å²) in [5.74, 6) is 1.16. The van der Waals surface area contributed by atoms with Crippen molar-refractivity contribution in [2.24, 2.45) is 0 Å². The van der Waals surface area contributed by atoms with Gasteiger partial charge in [0.25, 0.3) is 0 Å². The number of fused-ring (bicyclic) bond motifs is 1. The maximum absolute atomic E-state index is 5.50. The van der Waals surface area contributed by atoms with Crippen molar-refractivity contribution in [3.05, 3.63) is 65.9 Å². The molecule has 3 heteroatoms. The molecular weight excluding hydrogens is 248 g/mol. The van der Waals surface area contributed by atoms with Gasteiger partial charge in [-0.15, -0.1) is 0 Å². The predicted molar refractivity (Wildman–Crippen MR) is 80.9 cm³/mol. The average Bonchev–Trinajstić information content (AvgIpc) is 2.93. The quantitative estimate of drug-likeness (QED) is 0.750. The zero-order valence-corrected chi connectivity index (χ0v) is 11.6. The van der Waals surface area contributed by atoms with Gasteiger partial charge in [0.15, 0.2) is 0 Å². The number of aromatic amines is 1. The molecular formula is C17H19N2O+. The highest BCUT2D eigenvalue weighted by molar-refractivity contribution is 5.84. The Kier molecular flexibility index (Phi) is 3.44. The molecule has 1 atom stereocenters. The van der Waals surface area contributed by atoms with Crippen molar-refractivity contribution in [1.82, 2.24) is 4.98 Å². The maximum Gasteiger partial charge on any atom is 0.122 e. The van der Waals surface area contributed by atoms with Crippen LogP contribution in [-0.2, 0) is 0 Å². The highest BCUT2D eigenvalue weighted by atomic mass is 16.5. The summed E-state index contributed by atoms with van der Waals surface area (Å²) in [7, 11) is 1.72. The second kappa shape index (κ2) is 5.39. The molecule has 20 heavy (non-hydrogen) atoms. The van der Waals surface area contributed by atoms with Crippen molar-refractivity contribution < 1.29 is 10.5 Å². The molecule has 3 nitrogen and oxygen atoms in total. The number of para-hydroxylation sites is 2. The fourth-order valence-corrected chi connectivity index (χ4v) is 2.82. The number of hydrogen-bond acceptors (Lipinski definition) is 1. The van der Waals surface area contributed by atoms with Crippen LogP contribution in [0.2, 0.25) is 0 Å². The molecule has 0 aliphatic carbocycles. The van der Waals surface area contributed by atoms with Gasteiger partial charge in [0, 0.05) is 22.7 Å². The molecule has 1 aromatic heterocycles. The lowest BCUT2D eigenvalue weighted by Crippen LogP contribution is -2.53. The Morgan fingerprint density at radius 1 is 1.05 bits per heavy atom. The van der Waals surface area contributed by atoms with Gasteiger partial charge in [0.2, 0.25) is 0 Å². The van der Waals surface area contributed by atoms with E-state index in [9.17, 15) is 0 Å². The van der Waals surface area contributed by atoms with Gasteiger partial charge < -0.3 is 15.5 Å². The van der Waals surface area contributed by atoms with Gasteiger partial charge in [0.05, 0.1) is 19.6 Å². The predicted octanol–water partition coefficient (Wildman–Crippen LogP) is 2.55. The minimum Gasteiger partial charge on any atom is -0.496 e. The molecule has 0 unspecified atom stereocenters. The molecule has 2 aromatic carbocycles. The Bertz CT molecular complexity index is 718. The Morgan fingerprint density at radius 2 is 1.80 bits per heavy atom. The van der Waals surface area contributed by atoms with Crippen LogP contribution < -0.4 is 10.5 Å². The number of hydrogen-bond donors (Lipinski definition) is 2. The molecule has 3 aromatic rings. The molecule has 0 aliphatic rings.